The third-order valence-corrected chi connectivity index (χ3v) is 8.54. The molecule has 0 aliphatic heterocycles. The van der Waals surface area contributed by atoms with Crippen LogP contribution in [0.25, 0.3) is 10.9 Å². The van der Waals surface area contributed by atoms with E-state index in [2.05, 4.69) is 16.7 Å². The van der Waals surface area contributed by atoms with Gasteiger partial charge >= 0.3 is 0 Å². The number of nitrogens with one attached hydrogen (secondary N) is 2. The van der Waals surface area contributed by atoms with E-state index in [-0.39, 0.29) is 36.0 Å². The lowest BCUT2D eigenvalue weighted by Crippen LogP contribution is -2.35. The number of benzene rings is 2. The first-order valence-corrected chi connectivity index (χ1v) is 16.0. The van der Waals surface area contributed by atoms with Crippen LogP contribution in [0, 0.1) is 0 Å². The molecular formula is C34H46ClN3O5. The van der Waals surface area contributed by atoms with Gasteiger partial charge in [-0.3, -0.25) is 9.78 Å². The van der Waals surface area contributed by atoms with Crippen LogP contribution in [0.3, 0.4) is 0 Å². The van der Waals surface area contributed by atoms with Gasteiger partial charge in [0, 0.05) is 40.9 Å². The molecule has 5 N–H and O–H groups in total. The third-order valence-electron chi connectivity index (χ3n) is 8.31. The highest BCUT2D eigenvalue weighted by Gasteiger charge is 2.25. The van der Waals surface area contributed by atoms with Gasteiger partial charge < -0.3 is 30.7 Å². The first kappa shape index (κ1) is 32.7. The smallest absolute Gasteiger partial charge is 0.222 e. The number of pyridine rings is 1. The van der Waals surface area contributed by atoms with Crippen molar-refractivity contribution >= 4 is 34.1 Å². The predicted molar refractivity (Wildman–Crippen MR) is 172 cm³/mol. The monoisotopic (exact) mass is 611 g/mol. The number of aliphatic hydroxyl groups is 1. The van der Waals surface area contributed by atoms with Crippen molar-refractivity contribution in [3.05, 3.63) is 52.2 Å². The van der Waals surface area contributed by atoms with Crippen molar-refractivity contribution in [2.75, 3.05) is 25.5 Å². The van der Waals surface area contributed by atoms with Crippen molar-refractivity contribution in [3.8, 4) is 17.2 Å². The lowest BCUT2D eigenvalue weighted by molar-refractivity contribution is -0.125. The molecule has 1 aromatic heterocycles. The van der Waals surface area contributed by atoms with E-state index in [4.69, 9.17) is 21.3 Å². The second-order valence-electron chi connectivity index (χ2n) is 12.0. The summed E-state index contributed by atoms with van der Waals surface area (Å²) >= 11 is 6.24. The fourth-order valence-corrected chi connectivity index (χ4v) is 6.03. The van der Waals surface area contributed by atoms with Gasteiger partial charge in [-0.1, -0.05) is 37.3 Å². The van der Waals surface area contributed by atoms with Gasteiger partial charge in [-0.25, -0.2) is 0 Å². The number of hydrogen-bond donors (Lipinski definition) is 5. The average Bonchev–Trinajstić information content (AvgIpc) is 2.97. The molecule has 3 aromatic rings. The topological polar surface area (TPSA) is 124 Å². The van der Waals surface area contributed by atoms with E-state index >= 15 is 0 Å². The number of methoxy groups -OCH3 is 1. The van der Waals surface area contributed by atoms with Gasteiger partial charge in [0.1, 0.15) is 5.75 Å². The number of aromatic hydroxyl groups is 2. The molecule has 234 valence electrons. The van der Waals surface area contributed by atoms with Crippen LogP contribution < -0.4 is 15.4 Å². The molecule has 0 fully saturated rings. The van der Waals surface area contributed by atoms with Gasteiger partial charge in [0.2, 0.25) is 5.91 Å². The van der Waals surface area contributed by atoms with Crippen molar-refractivity contribution in [2.24, 2.45) is 0 Å². The van der Waals surface area contributed by atoms with E-state index in [9.17, 15) is 20.1 Å². The molecule has 1 aliphatic carbocycles. The SMILES string of the molecule is COc1cc(O)c(CCC(C)(O)CC(=O)NCCCCCCCCNc2c3c(nc4cc(Cl)ccc24)CCCC3)cc1O. The van der Waals surface area contributed by atoms with Crippen molar-refractivity contribution in [1.29, 1.82) is 0 Å². The molecule has 9 heteroatoms. The normalized spacial score (nSPS) is 14.2. The summed E-state index contributed by atoms with van der Waals surface area (Å²) in [6, 6.07) is 8.76. The molecule has 1 amide bonds. The number of amides is 1. The number of hydrogen-bond acceptors (Lipinski definition) is 7. The van der Waals surface area contributed by atoms with E-state index in [0.29, 0.717) is 18.5 Å². The number of anilines is 1. The van der Waals surface area contributed by atoms with Crippen molar-refractivity contribution < 1.29 is 24.9 Å². The molecule has 0 saturated heterocycles. The van der Waals surface area contributed by atoms with Gasteiger partial charge in [-0.15, -0.1) is 0 Å². The van der Waals surface area contributed by atoms with Crippen LogP contribution in [0.2, 0.25) is 5.02 Å². The Balaban J connectivity index is 1.09. The van der Waals surface area contributed by atoms with Gasteiger partial charge in [-0.05, 0) is 93.7 Å². The van der Waals surface area contributed by atoms with Gasteiger partial charge in [0.25, 0.3) is 0 Å². The minimum absolute atomic E-state index is 0.0159. The number of unbranched alkanes of at least 4 members (excludes halogenated alkanes) is 5. The number of carbonyl (C=O) groups excluding carboxylic acids is 1. The number of phenolic OH excluding ortho intramolecular Hbond substituents is 2. The minimum Gasteiger partial charge on any atom is -0.508 e. The van der Waals surface area contributed by atoms with Crippen LogP contribution in [0.5, 0.6) is 17.2 Å². The highest BCUT2D eigenvalue weighted by atomic mass is 35.5. The number of ether oxygens (including phenoxy) is 1. The Kier molecular flexibility index (Phi) is 11.8. The van der Waals surface area contributed by atoms with Crippen LogP contribution in [0.15, 0.2) is 30.3 Å². The first-order chi connectivity index (χ1) is 20.7. The second kappa shape index (κ2) is 15.5. The summed E-state index contributed by atoms with van der Waals surface area (Å²) in [5, 5.41) is 39.3. The van der Waals surface area contributed by atoms with Gasteiger partial charge in [0.15, 0.2) is 11.5 Å². The molecule has 1 unspecified atom stereocenters. The van der Waals surface area contributed by atoms with Crippen molar-refractivity contribution in [2.45, 2.75) is 96.0 Å². The fraction of sp³-hybridized carbons (Fsp3) is 0.529. The maximum absolute atomic E-state index is 12.4. The zero-order valence-electron chi connectivity index (χ0n) is 25.5. The largest absolute Gasteiger partial charge is 0.508 e. The number of aryl methyl sites for hydroxylation is 2. The number of fused-ring (bicyclic) bond motifs is 2. The predicted octanol–water partition coefficient (Wildman–Crippen LogP) is 6.83. The molecule has 1 atom stereocenters. The summed E-state index contributed by atoms with van der Waals surface area (Å²) in [5.41, 5.74) is 4.07. The summed E-state index contributed by atoms with van der Waals surface area (Å²) in [5.74, 6) is -0.0975. The summed E-state index contributed by atoms with van der Waals surface area (Å²) in [4.78, 5) is 17.3. The summed E-state index contributed by atoms with van der Waals surface area (Å²) in [6.07, 6.45) is 11.6. The Morgan fingerprint density at radius 1 is 1.00 bits per heavy atom. The molecule has 0 saturated carbocycles. The van der Waals surface area contributed by atoms with Crippen LogP contribution >= 0.6 is 11.6 Å². The van der Waals surface area contributed by atoms with Crippen LogP contribution in [-0.2, 0) is 24.1 Å². The number of phenols is 2. The van der Waals surface area contributed by atoms with Crippen LogP contribution in [-0.4, -0.2) is 52.0 Å². The molecule has 1 heterocycles. The van der Waals surface area contributed by atoms with Crippen LogP contribution in [0.4, 0.5) is 5.69 Å². The Morgan fingerprint density at radius 2 is 1.72 bits per heavy atom. The number of carbonyl (C=O) groups is 1. The number of aromatic nitrogens is 1. The molecule has 4 rings (SSSR count). The van der Waals surface area contributed by atoms with E-state index < -0.39 is 5.60 Å². The van der Waals surface area contributed by atoms with Gasteiger partial charge in [-0.2, -0.15) is 0 Å². The molecule has 0 spiro atoms. The van der Waals surface area contributed by atoms with Crippen molar-refractivity contribution in [1.82, 2.24) is 10.3 Å². The van der Waals surface area contributed by atoms with E-state index in [1.165, 1.54) is 49.0 Å². The Labute approximate surface area is 259 Å². The van der Waals surface area contributed by atoms with Crippen molar-refractivity contribution in [3.63, 3.8) is 0 Å². The molecule has 0 bridgehead atoms. The maximum atomic E-state index is 12.4. The lowest BCUT2D eigenvalue weighted by atomic mass is 9.92. The quantitative estimate of drug-likeness (QED) is 0.0888. The van der Waals surface area contributed by atoms with E-state index in [0.717, 1.165) is 73.8 Å². The Bertz CT molecular complexity index is 1390. The second-order valence-corrected chi connectivity index (χ2v) is 12.4. The zero-order chi connectivity index (χ0) is 30.8. The number of halogens is 1. The molecule has 8 nitrogen and oxygen atoms in total. The third kappa shape index (κ3) is 9.38. The maximum Gasteiger partial charge on any atom is 0.222 e. The molecular weight excluding hydrogens is 566 g/mol. The summed E-state index contributed by atoms with van der Waals surface area (Å²) in [6.45, 7) is 3.14. The van der Waals surface area contributed by atoms with E-state index in [1.807, 2.05) is 12.1 Å². The fourth-order valence-electron chi connectivity index (χ4n) is 5.86. The lowest BCUT2D eigenvalue weighted by Gasteiger charge is -2.23. The first-order valence-electron chi connectivity index (χ1n) is 15.6. The van der Waals surface area contributed by atoms with Crippen LogP contribution in [0.1, 0.15) is 88.0 Å². The highest BCUT2D eigenvalue weighted by Crippen LogP contribution is 2.35. The standard InChI is InChI=1S/C34H46ClN3O5/c1-34(42,16-15-23-19-30(40)31(43-2)21-29(23)39)22-32(41)36-17-9-5-3-4-6-10-18-37-33-25-11-7-8-12-27(25)38-28-20-24(35)13-14-26(28)33/h13-14,19-21,39-40,42H,3-12,15-18,22H2,1-2H3,(H,36,41)(H,37,38). The molecule has 1 aliphatic rings. The highest BCUT2D eigenvalue weighted by molar-refractivity contribution is 6.31. The Hall–Kier alpha value is -3.23. The minimum atomic E-state index is -1.23. The molecule has 2 aromatic carbocycles. The number of rotatable bonds is 16. The van der Waals surface area contributed by atoms with E-state index in [1.54, 1.807) is 6.92 Å². The number of nitrogens with zero attached hydrogens (tertiary/aromatic N) is 1. The summed E-state index contributed by atoms with van der Waals surface area (Å²) < 4.78 is 4.99. The molecule has 0 radical (unpaired) electrons. The summed E-state index contributed by atoms with van der Waals surface area (Å²) in [7, 11) is 1.41. The zero-order valence-corrected chi connectivity index (χ0v) is 26.2. The van der Waals surface area contributed by atoms with Gasteiger partial charge in [0.05, 0.1) is 24.6 Å². The molecule has 43 heavy (non-hydrogen) atoms. The average molecular weight is 612 g/mol. The Morgan fingerprint density at radius 3 is 2.49 bits per heavy atom.